The summed E-state index contributed by atoms with van der Waals surface area (Å²) in [5, 5.41) is 3.49. The van der Waals surface area contributed by atoms with Crippen LogP contribution in [0.2, 0.25) is 0 Å². The van der Waals surface area contributed by atoms with Crippen molar-refractivity contribution in [3.05, 3.63) is 11.9 Å². The predicted molar refractivity (Wildman–Crippen MR) is 72.6 cm³/mol. The van der Waals surface area contributed by atoms with Gasteiger partial charge in [-0.2, -0.15) is 0 Å². The second kappa shape index (κ2) is 5.10. The van der Waals surface area contributed by atoms with Crippen LogP contribution in [0.4, 0.5) is 11.6 Å². The highest BCUT2D eigenvalue weighted by Crippen LogP contribution is 2.30. The second-order valence-electron chi connectivity index (χ2n) is 5.52. The number of hydrogen-bond donors (Lipinski definition) is 2. The number of ether oxygens (including phenoxy) is 1. The van der Waals surface area contributed by atoms with Gasteiger partial charge in [-0.15, -0.1) is 0 Å². The Morgan fingerprint density at radius 2 is 2.22 bits per heavy atom. The molecular formula is C13H22N4O. The van der Waals surface area contributed by atoms with Gasteiger partial charge in [-0.05, 0) is 25.7 Å². The predicted octanol–water partition coefficient (Wildman–Crippen LogP) is 2.16. The Morgan fingerprint density at radius 1 is 1.44 bits per heavy atom. The Morgan fingerprint density at radius 3 is 2.83 bits per heavy atom. The molecule has 5 nitrogen and oxygen atoms in total. The molecule has 0 spiro atoms. The average molecular weight is 250 g/mol. The molecule has 0 bridgehead atoms. The van der Waals surface area contributed by atoms with Gasteiger partial charge in [-0.25, -0.2) is 9.97 Å². The van der Waals surface area contributed by atoms with Crippen LogP contribution in [0.1, 0.15) is 45.1 Å². The molecule has 1 aliphatic rings. The van der Waals surface area contributed by atoms with Crippen molar-refractivity contribution in [2.75, 3.05) is 24.3 Å². The van der Waals surface area contributed by atoms with E-state index in [9.17, 15) is 0 Å². The molecule has 18 heavy (non-hydrogen) atoms. The molecule has 100 valence electrons. The van der Waals surface area contributed by atoms with Gasteiger partial charge in [-0.1, -0.05) is 13.8 Å². The SMILES string of the molecule is CC(C)c1c(N)ncnc1NC1(C)CCCOC1. The van der Waals surface area contributed by atoms with Crippen LogP contribution in [-0.2, 0) is 4.74 Å². The molecular weight excluding hydrogens is 228 g/mol. The Labute approximate surface area is 108 Å². The van der Waals surface area contributed by atoms with Gasteiger partial charge < -0.3 is 15.8 Å². The molecule has 5 heteroatoms. The van der Waals surface area contributed by atoms with Crippen molar-refractivity contribution in [3.63, 3.8) is 0 Å². The number of nitrogens with zero attached hydrogens (tertiary/aromatic N) is 2. The van der Waals surface area contributed by atoms with Crippen LogP contribution in [0, 0.1) is 0 Å². The second-order valence-corrected chi connectivity index (χ2v) is 5.52. The van der Waals surface area contributed by atoms with Crippen LogP contribution in [0.5, 0.6) is 0 Å². The Balaban J connectivity index is 2.25. The zero-order chi connectivity index (χ0) is 13.2. The first-order valence-corrected chi connectivity index (χ1v) is 6.48. The summed E-state index contributed by atoms with van der Waals surface area (Å²) in [5.74, 6) is 1.69. The van der Waals surface area contributed by atoms with Crippen LogP contribution in [0.3, 0.4) is 0 Å². The monoisotopic (exact) mass is 250 g/mol. The van der Waals surface area contributed by atoms with Crippen molar-refractivity contribution in [2.24, 2.45) is 0 Å². The van der Waals surface area contributed by atoms with Crippen LogP contribution < -0.4 is 11.1 Å². The summed E-state index contributed by atoms with van der Waals surface area (Å²) in [7, 11) is 0. The summed E-state index contributed by atoms with van der Waals surface area (Å²) in [6.07, 6.45) is 3.66. The molecule has 0 aromatic carbocycles. The van der Waals surface area contributed by atoms with E-state index in [4.69, 9.17) is 10.5 Å². The summed E-state index contributed by atoms with van der Waals surface area (Å²) in [6, 6.07) is 0. The number of aromatic nitrogens is 2. The van der Waals surface area contributed by atoms with Crippen molar-refractivity contribution >= 4 is 11.6 Å². The average Bonchev–Trinajstić information content (AvgIpc) is 2.28. The van der Waals surface area contributed by atoms with Gasteiger partial charge in [-0.3, -0.25) is 0 Å². The smallest absolute Gasteiger partial charge is 0.135 e. The number of hydrogen-bond acceptors (Lipinski definition) is 5. The van der Waals surface area contributed by atoms with Crippen molar-refractivity contribution in [1.29, 1.82) is 0 Å². The zero-order valence-electron chi connectivity index (χ0n) is 11.4. The first kappa shape index (κ1) is 13.1. The first-order valence-electron chi connectivity index (χ1n) is 6.48. The van der Waals surface area contributed by atoms with Gasteiger partial charge in [0.2, 0.25) is 0 Å². The van der Waals surface area contributed by atoms with E-state index in [0.717, 1.165) is 30.8 Å². The number of nitrogen functional groups attached to an aromatic ring is 1. The first-order chi connectivity index (χ1) is 8.52. The minimum absolute atomic E-state index is 0.0668. The van der Waals surface area contributed by atoms with Crippen molar-refractivity contribution in [1.82, 2.24) is 9.97 Å². The van der Waals surface area contributed by atoms with Crippen LogP contribution in [0.25, 0.3) is 0 Å². The number of rotatable bonds is 3. The van der Waals surface area contributed by atoms with Gasteiger partial charge in [0, 0.05) is 12.2 Å². The summed E-state index contributed by atoms with van der Waals surface area (Å²) >= 11 is 0. The molecule has 0 radical (unpaired) electrons. The third-order valence-corrected chi connectivity index (χ3v) is 3.35. The third kappa shape index (κ3) is 2.72. The molecule has 2 heterocycles. The van der Waals surface area contributed by atoms with Crippen LogP contribution in [0.15, 0.2) is 6.33 Å². The highest BCUT2D eigenvalue weighted by Gasteiger charge is 2.29. The fourth-order valence-electron chi connectivity index (χ4n) is 2.40. The van der Waals surface area contributed by atoms with E-state index in [1.807, 2.05) is 0 Å². The molecule has 1 saturated heterocycles. The molecule has 1 unspecified atom stereocenters. The normalized spacial score (nSPS) is 24.2. The Bertz CT molecular complexity index is 413. The fourth-order valence-corrected chi connectivity index (χ4v) is 2.40. The zero-order valence-corrected chi connectivity index (χ0v) is 11.4. The maximum atomic E-state index is 5.95. The lowest BCUT2D eigenvalue weighted by atomic mass is 9.94. The maximum absolute atomic E-state index is 5.95. The van der Waals surface area contributed by atoms with E-state index < -0.39 is 0 Å². The quantitative estimate of drug-likeness (QED) is 0.860. The van der Waals surface area contributed by atoms with E-state index in [-0.39, 0.29) is 5.54 Å². The van der Waals surface area contributed by atoms with Crippen molar-refractivity contribution in [3.8, 4) is 0 Å². The number of nitrogens with one attached hydrogen (secondary N) is 1. The molecule has 2 rings (SSSR count). The molecule has 1 atom stereocenters. The summed E-state index contributed by atoms with van der Waals surface area (Å²) < 4.78 is 5.55. The minimum Gasteiger partial charge on any atom is -0.383 e. The molecule has 3 N–H and O–H groups in total. The van der Waals surface area contributed by atoms with Crippen molar-refractivity contribution in [2.45, 2.75) is 45.1 Å². The van der Waals surface area contributed by atoms with Crippen molar-refractivity contribution < 1.29 is 4.74 Å². The molecule has 0 aliphatic carbocycles. The summed E-state index contributed by atoms with van der Waals surface area (Å²) in [6.45, 7) is 7.91. The van der Waals surface area contributed by atoms with Gasteiger partial charge in [0.25, 0.3) is 0 Å². The molecule has 1 aliphatic heterocycles. The van der Waals surface area contributed by atoms with Gasteiger partial charge in [0.05, 0.1) is 12.1 Å². The van der Waals surface area contributed by atoms with Crippen LogP contribution in [-0.4, -0.2) is 28.7 Å². The van der Waals surface area contributed by atoms with Crippen LogP contribution >= 0.6 is 0 Å². The lowest BCUT2D eigenvalue weighted by Crippen LogP contribution is -2.43. The van der Waals surface area contributed by atoms with E-state index >= 15 is 0 Å². The highest BCUT2D eigenvalue weighted by atomic mass is 16.5. The third-order valence-electron chi connectivity index (χ3n) is 3.35. The molecule has 0 saturated carbocycles. The molecule has 1 aromatic heterocycles. The number of anilines is 2. The van der Waals surface area contributed by atoms with E-state index in [2.05, 4.69) is 36.1 Å². The van der Waals surface area contributed by atoms with Gasteiger partial charge in [0.1, 0.15) is 18.0 Å². The standard InChI is InChI=1S/C13H22N4O/c1-9(2)10-11(14)15-8-16-12(10)17-13(3)5-4-6-18-7-13/h8-9H,4-7H2,1-3H3,(H3,14,15,16,17). The van der Waals surface area contributed by atoms with E-state index in [1.54, 1.807) is 0 Å². The molecule has 1 aromatic rings. The maximum Gasteiger partial charge on any atom is 0.135 e. The van der Waals surface area contributed by atoms with E-state index in [1.165, 1.54) is 6.33 Å². The Hall–Kier alpha value is -1.36. The number of nitrogens with two attached hydrogens (primary N) is 1. The Kier molecular flexibility index (Phi) is 3.71. The van der Waals surface area contributed by atoms with Gasteiger partial charge >= 0.3 is 0 Å². The highest BCUT2D eigenvalue weighted by molar-refractivity contribution is 5.57. The minimum atomic E-state index is -0.0668. The molecule has 0 amide bonds. The lowest BCUT2D eigenvalue weighted by Gasteiger charge is -2.35. The van der Waals surface area contributed by atoms with E-state index in [0.29, 0.717) is 18.3 Å². The lowest BCUT2D eigenvalue weighted by molar-refractivity contribution is 0.0538. The van der Waals surface area contributed by atoms with Gasteiger partial charge in [0.15, 0.2) is 0 Å². The molecule has 1 fully saturated rings. The fraction of sp³-hybridized carbons (Fsp3) is 0.692. The largest absolute Gasteiger partial charge is 0.383 e. The summed E-state index contributed by atoms with van der Waals surface area (Å²) in [4.78, 5) is 8.41. The topological polar surface area (TPSA) is 73.1 Å². The summed E-state index contributed by atoms with van der Waals surface area (Å²) in [5.41, 5.74) is 6.87.